The highest BCUT2D eigenvalue weighted by molar-refractivity contribution is 6.04. The van der Waals surface area contributed by atoms with Gasteiger partial charge >= 0.3 is 0 Å². The predicted molar refractivity (Wildman–Crippen MR) is 143 cm³/mol. The van der Waals surface area contributed by atoms with Crippen LogP contribution in [0.3, 0.4) is 0 Å². The number of pyridine rings is 1. The Balaban J connectivity index is 1.28. The molecule has 2 aliphatic carbocycles. The number of benzene rings is 1. The van der Waals surface area contributed by atoms with Gasteiger partial charge in [-0.2, -0.15) is 0 Å². The molecular weight excluding hydrogens is 502 g/mol. The summed E-state index contributed by atoms with van der Waals surface area (Å²) in [6.45, 7) is 4.96. The zero-order valence-corrected chi connectivity index (χ0v) is 22.4. The maximum Gasteiger partial charge on any atom is 0.263 e. The second-order valence-electron chi connectivity index (χ2n) is 11.8. The van der Waals surface area contributed by atoms with Crippen LogP contribution < -0.4 is 10.9 Å². The number of alkyl halides is 2. The number of carbonyl (C=O) groups excluding carboxylic acids is 1. The first-order chi connectivity index (χ1) is 18.6. The standard InChI is InChI=1S/C29H34F2N6O2/c1-19-5-4-10-36(13-19)14-20-11-24(26(39)37(15-20)23-8-9-23)25(38)33-22-7-3-6-21(12-22)28(16-29(30,31)17-28)27-34-32-18-35(27)2/h3,6-7,11-12,15,18-19,23H,4-5,8-10,13-14,16-17H2,1-2H3,(H,33,38)/t19-/m0/s1. The van der Waals surface area contributed by atoms with Crippen LogP contribution in [-0.2, 0) is 19.0 Å². The molecule has 3 fully saturated rings. The Hall–Kier alpha value is -3.40. The van der Waals surface area contributed by atoms with Crippen molar-refractivity contribution in [1.82, 2.24) is 24.2 Å². The van der Waals surface area contributed by atoms with E-state index in [0.29, 0.717) is 29.5 Å². The van der Waals surface area contributed by atoms with E-state index in [4.69, 9.17) is 0 Å². The van der Waals surface area contributed by atoms with Gasteiger partial charge in [0.25, 0.3) is 17.4 Å². The summed E-state index contributed by atoms with van der Waals surface area (Å²) < 4.78 is 31.8. The Morgan fingerprint density at radius 2 is 1.97 bits per heavy atom. The maximum atomic E-state index is 14.2. The molecule has 1 atom stereocenters. The molecule has 1 aromatic carbocycles. The number of nitrogens with zero attached hydrogens (tertiary/aromatic N) is 5. The van der Waals surface area contributed by atoms with Gasteiger partial charge in [0, 0.05) is 50.9 Å². The van der Waals surface area contributed by atoms with Gasteiger partial charge in [0.1, 0.15) is 17.7 Å². The monoisotopic (exact) mass is 536 g/mol. The topological polar surface area (TPSA) is 85.1 Å². The number of rotatable bonds is 7. The number of hydrogen-bond donors (Lipinski definition) is 1. The highest BCUT2D eigenvalue weighted by Gasteiger charge is 2.60. The van der Waals surface area contributed by atoms with E-state index < -0.39 is 17.2 Å². The average Bonchev–Trinajstić information content (AvgIpc) is 3.63. The van der Waals surface area contributed by atoms with E-state index in [-0.39, 0.29) is 30.0 Å². The fourth-order valence-corrected chi connectivity index (χ4v) is 6.35. The number of piperidine rings is 1. The third-order valence-corrected chi connectivity index (χ3v) is 8.37. The largest absolute Gasteiger partial charge is 0.322 e. The number of halogens is 2. The number of carbonyl (C=O) groups is 1. The molecule has 1 saturated heterocycles. The summed E-state index contributed by atoms with van der Waals surface area (Å²) in [5, 5.41) is 10.9. The molecule has 6 rings (SSSR count). The van der Waals surface area contributed by atoms with Crippen molar-refractivity contribution in [3.05, 3.63) is 75.7 Å². The lowest BCUT2D eigenvalue weighted by Crippen LogP contribution is -2.51. The molecule has 1 amide bonds. The smallest absolute Gasteiger partial charge is 0.263 e. The minimum absolute atomic E-state index is 0.105. The van der Waals surface area contributed by atoms with Crippen LogP contribution in [0.2, 0.25) is 0 Å². The number of likely N-dealkylation sites (tertiary alicyclic amines) is 1. The Labute approximate surface area is 226 Å². The fourth-order valence-electron chi connectivity index (χ4n) is 6.35. The van der Waals surface area contributed by atoms with Crippen LogP contribution in [-0.4, -0.2) is 49.2 Å². The van der Waals surface area contributed by atoms with E-state index >= 15 is 0 Å². The molecular formula is C29H34F2N6O2. The Kier molecular flexibility index (Phi) is 6.40. The maximum absolute atomic E-state index is 14.2. The van der Waals surface area contributed by atoms with Crippen LogP contribution in [0.15, 0.2) is 47.7 Å². The van der Waals surface area contributed by atoms with Crippen LogP contribution >= 0.6 is 0 Å². The van der Waals surface area contributed by atoms with E-state index in [1.165, 1.54) is 12.7 Å². The second kappa shape index (κ2) is 9.66. The van der Waals surface area contributed by atoms with Gasteiger partial charge < -0.3 is 14.5 Å². The minimum atomic E-state index is -2.80. The van der Waals surface area contributed by atoms with E-state index in [2.05, 4.69) is 27.3 Å². The summed E-state index contributed by atoms with van der Waals surface area (Å²) in [5.74, 6) is -2.20. The Bertz CT molecular complexity index is 1450. The van der Waals surface area contributed by atoms with Gasteiger partial charge in [-0.1, -0.05) is 19.1 Å². The number of aryl methyl sites for hydroxylation is 1. The molecule has 3 aliphatic rings. The summed E-state index contributed by atoms with van der Waals surface area (Å²) in [6, 6.07) is 8.78. The first-order valence-electron chi connectivity index (χ1n) is 13.8. The molecule has 0 radical (unpaired) electrons. The normalized spacial score (nSPS) is 22.3. The van der Waals surface area contributed by atoms with Crippen molar-refractivity contribution in [3.63, 3.8) is 0 Å². The van der Waals surface area contributed by atoms with Gasteiger partial charge in [-0.15, -0.1) is 10.2 Å². The third kappa shape index (κ3) is 5.02. The van der Waals surface area contributed by atoms with Gasteiger partial charge in [0.05, 0.1) is 5.41 Å². The third-order valence-electron chi connectivity index (χ3n) is 8.37. The SMILES string of the molecule is C[C@H]1CCCN(Cc2cc(C(=O)Nc3cccc(C4(c5nncn5C)CC(F)(F)C4)c3)c(=O)n(C3CC3)c2)C1. The summed E-state index contributed by atoms with van der Waals surface area (Å²) >= 11 is 0. The van der Waals surface area contributed by atoms with Crippen molar-refractivity contribution in [2.24, 2.45) is 13.0 Å². The number of nitrogens with one attached hydrogen (secondary N) is 1. The van der Waals surface area contributed by atoms with E-state index in [9.17, 15) is 18.4 Å². The summed E-state index contributed by atoms with van der Waals surface area (Å²) in [7, 11) is 1.74. The van der Waals surface area contributed by atoms with Crippen molar-refractivity contribution in [1.29, 1.82) is 0 Å². The van der Waals surface area contributed by atoms with Gasteiger partial charge in [-0.05, 0) is 67.5 Å². The second-order valence-corrected chi connectivity index (χ2v) is 11.8. The molecule has 1 aliphatic heterocycles. The molecule has 2 saturated carbocycles. The van der Waals surface area contributed by atoms with Gasteiger partial charge in [-0.25, -0.2) is 8.78 Å². The van der Waals surface area contributed by atoms with Crippen LogP contribution in [0.5, 0.6) is 0 Å². The predicted octanol–water partition coefficient (Wildman–Crippen LogP) is 4.51. The van der Waals surface area contributed by atoms with Crippen LogP contribution in [0, 0.1) is 5.92 Å². The highest BCUT2D eigenvalue weighted by Crippen LogP contribution is 2.56. The molecule has 0 bridgehead atoms. The molecule has 0 spiro atoms. The van der Waals surface area contributed by atoms with Crippen molar-refractivity contribution >= 4 is 11.6 Å². The van der Waals surface area contributed by atoms with Crippen LogP contribution in [0.4, 0.5) is 14.5 Å². The Morgan fingerprint density at radius 3 is 2.64 bits per heavy atom. The summed E-state index contributed by atoms with van der Waals surface area (Å²) in [5.41, 5.74) is 0.837. The number of hydrogen-bond acceptors (Lipinski definition) is 5. The molecule has 10 heteroatoms. The number of aromatic nitrogens is 4. The first kappa shape index (κ1) is 25.9. The molecule has 0 unspecified atom stereocenters. The van der Waals surface area contributed by atoms with Gasteiger partial charge in [0.2, 0.25) is 0 Å². The molecule has 3 heterocycles. The highest BCUT2D eigenvalue weighted by atomic mass is 19.3. The zero-order valence-electron chi connectivity index (χ0n) is 22.4. The van der Waals surface area contributed by atoms with Crippen molar-refractivity contribution in [2.45, 2.75) is 69.4 Å². The molecule has 8 nitrogen and oxygen atoms in total. The molecule has 1 N–H and O–H groups in total. The molecule has 3 aromatic rings. The van der Waals surface area contributed by atoms with Gasteiger partial charge in [0.15, 0.2) is 0 Å². The van der Waals surface area contributed by atoms with E-state index in [0.717, 1.165) is 37.9 Å². The fraction of sp³-hybridized carbons (Fsp3) is 0.517. The summed E-state index contributed by atoms with van der Waals surface area (Å²) in [6.07, 6.45) is 6.89. The lowest BCUT2D eigenvalue weighted by molar-refractivity contribution is -0.116. The number of anilines is 1. The molecule has 39 heavy (non-hydrogen) atoms. The van der Waals surface area contributed by atoms with Crippen molar-refractivity contribution in [3.8, 4) is 0 Å². The van der Waals surface area contributed by atoms with E-state index in [1.54, 1.807) is 46.5 Å². The lowest BCUT2D eigenvalue weighted by atomic mass is 9.61. The average molecular weight is 537 g/mol. The number of amides is 1. The zero-order chi connectivity index (χ0) is 27.4. The van der Waals surface area contributed by atoms with Crippen molar-refractivity contribution in [2.75, 3.05) is 18.4 Å². The minimum Gasteiger partial charge on any atom is -0.322 e. The molecule has 2 aromatic heterocycles. The van der Waals surface area contributed by atoms with Gasteiger partial charge in [-0.3, -0.25) is 14.5 Å². The van der Waals surface area contributed by atoms with Crippen LogP contribution in [0.25, 0.3) is 0 Å². The Morgan fingerprint density at radius 1 is 1.18 bits per heavy atom. The first-order valence-corrected chi connectivity index (χ1v) is 13.8. The quantitative estimate of drug-likeness (QED) is 0.480. The summed E-state index contributed by atoms with van der Waals surface area (Å²) in [4.78, 5) is 29.2. The lowest BCUT2D eigenvalue weighted by Gasteiger charge is -2.46. The van der Waals surface area contributed by atoms with Crippen molar-refractivity contribution < 1.29 is 13.6 Å². The van der Waals surface area contributed by atoms with E-state index in [1.807, 2.05) is 6.20 Å². The van der Waals surface area contributed by atoms with Crippen LogP contribution in [0.1, 0.15) is 78.8 Å². The molecule has 206 valence electrons.